The first kappa shape index (κ1) is 15.6. The quantitative estimate of drug-likeness (QED) is 0.229. The normalized spacial score (nSPS) is 13.3. The highest BCUT2D eigenvalue weighted by atomic mass is 14.7. The van der Waals surface area contributed by atoms with Crippen molar-refractivity contribution in [2.45, 2.75) is 12.8 Å². The number of rotatable bonds is 1. The standard InChI is InChI=1S/C27H19N/c1-2-10-20(11-3-1)25-23-16-14-18-8-4-6-12-21(18)26(23)28-27-22-13-7-5-9-19(22)15-17-24(25)27/h1-4,6-8,10-17H,5,9H2. The first-order valence-corrected chi connectivity index (χ1v) is 9.89. The van der Waals surface area contributed by atoms with Gasteiger partial charge in [0.05, 0.1) is 11.0 Å². The van der Waals surface area contributed by atoms with Crippen LogP contribution in [0.2, 0.25) is 0 Å². The molecule has 0 radical (unpaired) electrons. The zero-order chi connectivity index (χ0) is 18.5. The monoisotopic (exact) mass is 357 g/mol. The molecule has 0 unspecified atom stereocenters. The minimum absolute atomic E-state index is 1.09. The van der Waals surface area contributed by atoms with E-state index in [9.17, 15) is 0 Å². The van der Waals surface area contributed by atoms with Crippen LogP contribution in [-0.2, 0) is 6.42 Å². The molecule has 0 saturated carbocycles. The Morgan fingerprint density at radius 3 is 2.36 bits per heavy atom. The van der Waals surface area contributed by atoms with Crippen LogP contribution in [0.1, 0.15) is 17.5 Å². The molecule has 1 heteroatoms. The van der Waals surface area contributed by atoms with E-state index in [1.165, 1.54) is 43.8 Å². The Bertz CT molecular complexity index is 1390. The molecule has 1 aliphatic carbocycles. The Morgan fingerprint density at radius 2 is 1.43 bits per heavy atom. The topological polar surface area (TPSA) is 12.9 Å². The minimum atomic E-state index is 1.09. The number of hydrogen-bond donors (Lipinski definition) is 0. The first-order chi connectivity index (χ1) is 13.9. The summed E-state index contributed by atoms with van der Waals surface area (Å²) >= 11 is 0. The highest BCUT2D eigenvalue weighted by Gasteiger charge is 2.17. The molecule has 0 N–H and O–H groups in total. The molecule has 1 nitrogen and oxygen atoms in total. The van der Waals surface area contributed by atoms with Gasteiger partial charge in [-0.3, -0.25) is 0 Å². The lowest BCUT2D eigenvalue weighted by molar-refractivity contribution is 0.988. The zero-order valence-electron chi connectivity index (χ0n) is 15.5. The van der Waals surface area contributed by atoms with Gasteiger partial charge in [-0.15, -0.1) is 0 Å². The van der Waals surface area contributed by atoms with E-state index in [1.807, 2.05) is 0 Å². The Balaban J connectivity index is 1.87. The largest absolute Gasteiger partial charge is 0.246 e. The van der Waals surface area contributed by atoms with Gasteiger partial charge in [0.1, 0.15) is 0 Å². The molecule has 1 aromatic heterocycles. The van der Waals surface area contributed by atoms with E-state index in [0.717, 1.165) is 23.9 Å². The molecule has 0 fully saturated rings. The molecule has 0 atom stereocenters. The number of aryl methyl sites for hydroxylation is 1. The van der Waals surface area contributed by atoms with Gasteiger partial charge in [0.2, 0.25) is 0 Å². The molecule has 28 heavy (non-hydrogen) atoms. The van der Waals surface area contributed by atoms with Gasteiger partial charge in [-0.05, 0) is 29.4 Å². The fourth-order valence-electron chi connectivity index (χ4n) is 4.57. The lowest BCUT2D eigenvalue weighted by Crippen LogP contribution is -1.98. The third-order valence-electron chi connectivity index (χ3n) is 5.90. The molecule has 6 rings (SSSR count). The number of hydrogen-bond acceptors (Lipinski definition) is 1. The first-order valence-electron chi connectivity index (χ1n) is 9.89. The van der Waals surface area contributed by atoms with Crippen molar-refractivity contribution >= 4 is 38.7 Å². The number of aromatic nitrogens is 1. The smallest absolute Gasteiger partial charge is 0.0794 e. The maximum atomic E-state index is 5.25. The van der Waals surface area contributed by atoms with Crippen molar-refractivity contribution in [1.82, 2.24) is 4.98 Å². The van der Waals surface area contributed by atoms with Gasteiger partial charge in [0, 0.05) is 27.3 Å². The van der Waals surface area contributed by atoms with Crippen LogP contribution in [0.4, 0.5) is 0 Å². The Hall–Kier alpha value is -3.45. The highest BCUT2D eigenvalue weighted by molar-refractivity contribution is 6.17. The summed E-state index contributed by atoms with van der Waals surface area (Å²) < 4.78 is 0. The van der Waals surface area contributed by atoms with Gasteiger partial charge in [0.15, 0.2) is 0 Å². The second kappa shape index (κ2) is 6.03. The van der Waals surface area contributed by atoms with Gasteiger partial charge in [-0.1, -0.05) is 91.0 Å². The molecule has 5 aromatic rings. The van der Waals surface area contributed by atoms with Gasteiger partial charge < -0.3 is 0 Å². The van der Waals surface area contributed by atoms with Crippen molar-refractivity contribution in [2.75, 3.05) is 0 Å². The highest BCUT2D eigenvalue weighted by Crippen LogP contribution is 2.40. The van der Waals surface area contributed by atoms with Crippen molar-refractivity contribution in [1.29, 1.82) is 0 Å². The summed E-state index contributed by atoms with van der Waals surface area (Å²) in [6.07, 6.45) is 6.75. The Morgan fingerprint density at radius 1 is 0.643 bits per heavy atom. The SMILES string of the molecule is C1=Cc2c(ccc3c(-c4ccccc4)c4ccc5ccccc5c4nc23)CC1. The molecule has 0 bridgehead atoms. The predicted molar refractivity (Wildman–Crippen MR) is 120 cm³/mol. The maximum absolute atomic E-state index is 5.25. The van der Waals surface area contributed by atoms with Crippen LogP contribution in [-0.4, -0.2) is 4.98 Å². The summed E-state index contributed by atoms with van der Waals surface area (Å²) in [7, 11) is 0. The average Bonchev–Trinajstić information content (AvgIpc) is 2.78. The third-order valence-corrected chi connectivity index (χ3v) is 5.90. The van der Waals surface area contributed by atoms with Crippen molar-refractivity contribution < 1.29 is 0 Å². The summed E-state index contributed by atoms with van der Waals surface area (Å²) in [5.41, 5.74) is 7.44. The van der Waals surface area contributed by atoms with Crippen LogP contribution in [0.5, 0.6) is 0 Å². The van der Waals surface area contributed by atoms with Crippen molar-refractivity contribution in [2.24, 2.45) is 0 Å². The molecule has 132 valence electrons. The molecular weight excluding hydrogens is 338 g/mol. The summed E-state index contributed by atoms with van der Waals surface area (Å²) in [6.45, 7) is 0. The van der Waals surface area contributed by atoms with Gasteiger partial charge >= 0.3 is 0 Å². The molecule has 1 aliphatic rings. The van der Waals surface area contributed by atoms with Crippen LogP contribution in [0, 0.1) is 0 Å². The Labute approximate surface area is 164 Å². The van der Waals surface area contributed by atoms with Gasteiger partial charge in [-0.25, -0.2) is 4.98 Å². The summed E-state index contributed by atoms with van der Waals surface area (Å²) in [5.74, 6) is 0. The number of fused-ring (bicyclic) bond motifs is 6. The van der Waals surface area contributed by atoms with Gasteiger partial charge in [-0.2, -0.15) is 0 Å². The molecule has 4 aromatic carbocycles. The zero-order valence-corrected chi connectivity index (χ0v) is 15.5. The van der Waals surface area contributed by atoms with E-state index in [1.54, 1.807) is 0 Å². The number of allylic oxidation sites excluding steroid dienone is 1. The average molecular weight is 357 g/mol. The summed E-state index contributed by atoms with van der Waals surface area (Å²) in [4.78, 5) is 5.25. The van der Waals surface area contributed by atoms with Crippen LogP contribution in [0.25, 0.3) is 49.8 Å². The summed E-state index contributed by atoms with van der Waals surface area (Å²) in [5, 5.41) is 4.91. The van der Waals surface area contributed by atoms with Crippen LogP contribution >= 0.6 is 0 Å². The fraction of sp³-hybridized carbons (Fsp3) is 0.0741. The van der Waals surface area contributed by atoms with Gasteiger partial charge in [0.25, 0.3) is 0 Å². The van der Waals surface area contributed by atoms with Crippen molar-refractivity contribution in [3.8, 4) is 11.1 Å². The van der Waals surface area contributed by atoms with E-state index in [4.69, 9.17) is 4.98 Å². The van der Waals surface area contributed by atoms with E-state index < -0.39 is 0 Å². The van der Waals surface area contributed by atoms with Crippen LogP contribution in [0.3, 0.4) is 0 Å². The Kier molecular flexibility index (Phi) is 3.36. The van der Waals surface area contributed by atoms with E-state index in [0.29, 0.717) is 0 Å². The van der Waals surface area contributed by atoms with Crippen molar-refractivity contribution in [3.05, 3.63) is 96.1 Å². The number of benzene rings is 4. The number of pyridine rings is 1. The van der Waals surface area contributed by atoms with Crippen LogP contribution < -0.4 is 0 Å². The predicted octanol–water partition coefficient (Wildman–Crippen LogP) is 7.17. The molecule has 0 spiro atoms. The van der Waals surface area contributed by atoms with Crippen LogP contribution in [0.15, 0.2) is 84.9 Å². The number of nitrogens with zero attached hydrogens (tertiary/aromatic N) is 1. The molecule has 1 heterocycles. The molecule has 0 amide bonds. The van der Waals surface area contributed by atoms with E-state index in [-0.39, 0.29) is 0 Å². The fourth-order valence-corrected chi connectivity index (χ4v) is 4.57. The lowest BCUT2D eigenvalue weighted by Gasteiger charge is -2.17. The maximum Gasteiger partial charge on any atom is 0.0794 e. The molecule has 0 aliphatic heterocycles. The second-order valence-electron chi connectivity index (χ2n) is 7.51. The lowest BCUT2D eigenvalue weighted by atomic mass is 9.89. The molecular formula is C27H19N. The molecule has 0 saturated heterocycles. The second-order valence-corrected chi connectivity index (χ2v) is 7.51. The minimum Gasteiger partial charge on any atom is -0.246 e. The van der Waals surface area contributed by atoms with Crippen molar-refractivity contribution in [3.63, 3.8) is 0 Å². The van der Waals surface area contributed by atoms with E-state index in [2.05, 4.69) is 91.0 Å². The van der Waals surface area contributed by atoms with E-state index >= 15 is 0 Å². The third kappa shape index (κ3) is 2.23. The summed E-state index contributed by atoms with van der Waals surface area (Å²) in [6, 6.07) is 28.3.